The maximum atomic E-state index is 6.24. The van der Waals surface area contributed by atoms with Crippen molar-refractivity contribution in [3.05, 3.63) is 33.8 Å². The Bertz CT molecular complexity index is 392. The summed E-state index contributed by atoms with van der Waals surface area (Å²) in [4.78, 5) is 0. The van der Waals surface area contributed by atoms with E-state index in [2.05, 4.69) is 13.8 Å². The number of benzene rings is 1. The highest BCUT2D eigenvalue weighted by molar-refractivity contribution is 6.33. The molecule has 1 aliphatic heterocycles. The van der Waals surface area contributed by atoms with Gasteiger partial charge < -0.3 is 4.74 Å². The van der Waals surface area contributed by atoms with Crippen LogP contribution in [0.25, 0.3) is 0 Å². The van der Waals surface area contributed by atoms with E-state index in [9.17, 15) is 0 Å². The van der Waals surface area contributed by atoms with Crippen molar-refractivity contribution in [2.45, 2.75) is 51.2 Å². The molecule has 1 fully saturated rings. The van der Waals surface area contributed by atoms with Gasteiger partial charge in [0.25, 0.3) is 0 Å². The first kappa shape index (κ1) is 13.2. The van der Waals surface area contributed by atoms with Gasteiger partial charge >= 0.3 is 0 Å². The van der Waals surface area contributed by atoms with E-state index in [1.807, 2.05) is 18.2 Å². The third-order valence-electron chi connectivity index (χ3n) is 3.50. The summed E-state index contributed by atoms with van der Waals surface area (Å²) in [5, 5.41) is 1.57. The standard InChI is InChI=1S/C14H18Cl2O/c1-3-9(7-14-13(4-2)17-14)11-8-10(15)5-6-12(11)16/h5-6,8-9,13-14H,3-4,7H2,1-2H3. The smallest absolute Gasteiger partial charge is 0.0847 e. The van der Waals surface area contributed by atoms with Crippen molar-refractivity contribution in [3.63, 3.8) is 0 Å². The molecule has 1 aromatic carbocycles. The summed E-state index contributed by atoms with van der Waals surface area (Å²) in [6.45, 7) is 4.35. The molecule has 1 aliphatic rings. The van der Waals surface area contributed by atoms with Crippen LogP contribution in [-0.2, 0) is 4.74 Å². The molecule has 1 aromatic rings. The van der Waals surface area contributed by atoms with Gasteiger partial charge in [0.2, 0.25) is 0 Å². The van der Waals surface area contributed by atoms with E-state index in [1.54, 1.807) is 0 Å². The third-order valence-corrected chi connectivity index (χ3v) is 4.08. The summed E-state index contributed by atoms with van der Waals surface area (Å²) >= 11 is 12.3. The molecule has 0 aromatic heterocycles. The SMILES string of the molecule is CCC(CC1OC1CC)c1cc(Cl)ccc1Cl. The molecule has 0 amide bonds. The van der Waals surface area contributed by atoms with E-state index < -0.39 is 0 Å². The van der Waals surface area contributed by atoms with Gasteiger partial charge in [-0.15, -0.1) is 0 Å². The molecule has 3 heteroatoms. The highest BCUT2D eigenvalue weighted by atomic mass is 35.5. The number of hydrogen-bond acceptors (Lipinski definition) is 1. The molecule has 0 aliphatic carbocycles. The van der Waals surface area contributed by atoms with Gasteiger partial charge in [-0.05, 0) is 48.9 Å². The Kier molecular flexibility index (Phi) is 4.35. The van der Waals surface area contributed by atoms with Crippen LogP contribution in [-0.4, -0.2) is 12.2 Å². The zero-order chi connectivity index (χ0) is 12.4. The minimum Gasteiger partial charge on any atom is -0.370 e. The summed E-state index contributed by atoms with van der Waals surface area (Å²) in [5.41, 5.74) is 1.16. The summed E-state index contributed by atoms with van der Waals surface area (Å²) in [5.74, 6) is 0.447. The minimum absolute atomic E-state index is 0.417. The first-order valence-corrected chi connectivity index (χ1v) is 7.01. The number of ether oxygens (including phenoxy) is 1. The van der Waals surface area contributed by atoms with E-state index in [0.717, 1.165) is 34.9 Å². The predicted octanol–water partition coefficient (Wildman–Crippen LogP) is 5.05. The Morgan fingerprint density at radius 3 is 2.59 bits per heavy atom. The van der Waals surface area contributed by atoms with Gasteiger partial charge in [-0.25, -0.2) is 0 Å². The second kappa shape index (κ2) is 5.60. The van der Waals surface area contributed by atoms with Gasteiger partial charge in [-0.1, -0.05) is 37.0 Å². The summed E-state index contributed by atoms with van der Waals surface area (Å²) in [6.07, 6.45) is 4.09. The van der Waals surface area contributed by atoms with Gasteiger partial charge in [0, 0.05) is 10.0 Å². The topological polar surface area (TPSA) is 12.5 Å². The lowest BCUT2D eigenvalue weighted by molar-refractivity contribution is 0.349. The number of epoxide rings is 1. The molecular formula is C14H18Cl2O. The van der Waals surface area contributed by atoms with Crippen LogP contribution < -0.4 is 0 Å². The molecule has 0 bridgehead atoms. The number of hydrogen-bond donors (Lipinski definition) is 0. The van der Waals surface area contributed by atoms with Crippen LogP contribution >= 0.6 is 23.2 Å². The number of halogens is 2. The normalized spacial score (nSPS) is 24.7. The molecule has 1 saturated heterocycles. The van der Waals surface area contributed by atoms with Crippen molar-refractivity contribution in [2.24, 2.45) is 0 Å². The summed E-state index contributed by atoms with van der Waals surface area (Å²) < 4.78 is 5.61. The van der Waals surface area contributed by atoms with Gasteiger partial charge in [0.05, 0.1) is 12.2 Å². The lowest BCUT2D eigenvalue weighted by Crippen LogP contribution is -2.04. The highest BCUT2D eigenvalue weighted by Crippen LogP contribution is 2.38. The molecule has 0 radical (unpaired) electrons. The molecule has 2 rings (SSSR count). The fourth-order valence-electron chi connectivity index (χ4n) is 2.37. The molecule has 0 N–H and O–H groups in total. The largest absolute Gasteiger partial charge is 0.370 e. The van der Waals surface area contributed by atoms with Crippen molar-refractivity contribution in [3.8, 4) is 0 Å². The third kappa shape index (κ3) is 3.15. The van der Waals surface area contributed by atoms with Crippen LogP contribution in [0.4, 0.5) is 0 Å². The van der Waals surface area contributed by atoms with Crippen molar-refractivity contribution < 1.29 is 4.74 Å². The van der Waals surface area contributed by atoms with E-state index in [4.69, 9.17) is 27.9 Å². The predicted molar refractivity (Wildman–Crippen MR) is 73.1 cm³/mol. The van der Waals surface area contributed by atoms with Crippen LogP contribution in [0.2, 0.25) is 10.0 Å². The first-order chi connectivity index (χ1) is 8.15. The molecule has 1 heterocycles. The Morgan fingerprint density at radius 2 is 2.00 bits per heavy atom. The first-order valence-electron chi connectivity index (χ1n) is 6.26. The average molecular weight is 273 g/mol. The van der Waals surface area contributed by atoms with Crippen molar-refractivity contribution in [2.75, 3.05) is 0 Å². The van der Waals surface area contributed by atoms with Crippen LogP contribution in [0.1, 0.15) is 44.6 Å². The zero-order valence-electron chi connectivity index (χ0n) is 10.2. The monoisotopic (exact) mass is 272 g/mol. The van der Waals surface area contributed by atoms with Gasteiger partial charge in [-0.3, -0.25) is 0 Å². The Balaban J connectivity index is 2.09. The summed E-state index contributed by atoms with van der Waals surface area (Å²) in [6, 6.07) is 5.71. The second-order valence-corrected chi connectivity index (χ2v) is 5.47. The lowest BCUT2D eigenvalue weighted by atomic mass is 9.91. The van der Waals surface area contributed by atoms with Crippen LogP contribution in [0.15, 0.2) is 18.2 Å². The molecule has 0 saturated carbocycles. The van der Waals surface area contributed by atoms with Crippen molar-refractivity contribution in [1.82, 2.24) is 0 Å². The molecule has 0 spiro atoms. The maximum absolute atomic E-state index is 6.24. The Morgan fingerprint density at radius 1 is 1.24 bits per heavy atom. The minimum atomic E-state index is 0.417. The second-order valence-electron chi connectivity index (χ2n) is 4.63. The average Bonchev–Trinajstić information content (AvgIpc) is 3.08. The van der Waals surface area contributed by atoms with Crippen LogP contribution in [0.3, 0.4) is 0 Å². The van der Waals surface area contributed by atoms with E-state index >= 15 is 0 Å². The van der Waals surface area contributed by atoms with E-state index in [0.29, 0.717) is 18.1 Å². The van der Waals surface area contributed by atoms with Gasteiger partial charge in [0.15, 0.2) is 0 Å². The molecule has 1 nitrogen and oxygen atoms in total. The Labute approximate surface area is 113 Å². The summed E-state index contributed by atoms with van der Waals surface area (Å²) in [7, 11) is 0. The van der Waals surface area contributed by atoms with E-state index in [1.165, 1.54) is 0 Å². The number of rotatable bonds is 5. The van der Waals surface area contributed by atoms with Crippen molar-refractivity contribution >= 4 is 23.2 Å². The van der Waals surface area contributed by atoms with Crippen molar-refractivity contribution in [1.29, 1.82) is 0 Å². The van der Waals surface area contributed by atoms with E-state index in [-0.39, 0.29) is 0 Å². The molecular weight excluding hydrogens is 255 g/mol. The molecule has 3 atom stereocenters. The highest BCUT2D eigenvalue weighted by Gasteiger charge is 2.38. The van der Waals surface area contributed by atoms with Crippen LogP contribution in [0.5, 0.6) is 0 Å². The fraction of sp³-hybridized carbons (Fsp3) is 0.571. The van der Waals surface area contributed by atoms with Crippen LogP contribution in [0, 0.1) is 0 Å². The molecule has 94 valence electrons. The lowest BCUT2D eigenvalue weighted by Gasteiger charge is -2.16. The molecule has 17 heavy (non-hydrogen) atoms. The van der Waals surface area contributed by atoms with Gasteiger partial charge in [0.1, 0.15) is 0 Å². The quantitative estimate of drug-likeness (QED) is 0.683. The van der Waals surface area contributed by atoms with Gasteiger partial charge in [-0.2, -0.15) is 0 Å². The fourth-order valence-corrected chi connectivity index (χ4v) is 2.82. The maximum Gasteiger partial charge on any atom is 0.0847 e. The Hall–Kier alpha value is -0.240. The molecule has 3 unspecified atom stereocenters. The zero-order valence-corrected chi connectivity index (χ0v) is 11.8.